The average Bonchev–Trinajstić information content (AvgIpc) is 3.71. The van der Waals surface area contributed by atoms with E-state index in [1.54, 1.807) is 46.7 Å². The largest absolute Gasteiger partial charge is 0.497 e. The standard InChI is InChI=1S/C28H34N6O4/c1-18(29)21(14-30-13-19-5-7-22(36-3)8-6-19)15-31-26-12-27(33-34(2)28(26)35)38-17-20-11-24(20)25-10-9-23(37-4)16-32-25/h5-10,12,14,16,20,24,31H,11,13,15,17,29H2,1-4H3/t20-,24+/m1/s1. The number of methoxy groups -OCH3 is 2. The van der Waals surface area contributed by atoms with Crippen LogP contribution in [0.4, 0.5) is 5.69 Å². The first-order chi connectivity index (χ1) is 18.4. The molecule has 1 aromatic carbocycles. The molecule has 3 aromatic rings. The maximum absolute atomic E-state index is 12.7. The summed E-state index contributed by atoms with van der Waals surface area (Å²) in [6.07, 6.45) is 4.46. The molecule has 38 heavy (non-hydrogen) atoms. The summed E-state index contributed by atoms with van der Waals surface area (Å²) in [7, 11) is 4.86. The van der Waals surface area contributed by atoms with Crippen LogP contribution in [0.15, 0.2) is 69.7 Å². The van der Waals surface area contributed by atoms with Crippen LogP contribution in [0.25, 0.3) is 0 Å². The molecular formula is C28H34N6O4. The number of anilines is 1. The number of hydrogen-bond donors (Lipinski definition) is 2. The Kier molecular flexibility index (Phi) is 8.62. The van der Waals surface area contributed by atoms with Gasteiger partial charge in [-0.25, -0.2) is 4.68 Å². The summed E-state index contributed by atoms with van der Waals surface area (Å²) < 4.78 is 17.6. The molecule has 0 bridgehead atoms. The summed E-state index contributed by atoms with van der Waals surface area (Å²) in [6, 6.07) is 13.3. The molecule has 0 unspecified atom stereocenters. The minimum Gasteiger partial charge on any atom is -0.497 e. The van der Waals surface area contributed by atoms with Crippen molar-refractivity contribution in [3.63, 3.8) is 0 Å². The molecule has 1 saturated carbocycles. The molecule has 2 heterocycles. The first-order valence-corrected chi connectivity index (χ1v) is 12.4. The zero-order valence-electron chi connectivity index (χ0n) is 22.2. The van der Waals surface area contributed by atoms with Gasteiger partial charge in [0.1, 0.15) is 17.2 Å². The van der Waals surface area contributed by atoms with Gasteiger partial charge in [0.25, 0.3) is 5.56 Å². The maximum Gasteiger partial charge on any atom is 0.290 e. The molecule has 1 aliphatic carbocycles. The number of ether oxygens (including phenoxy) is 3. The summed E-state index contributed by atoms with van der Waals surface area (Å²) in [5.74, 6) is 2.62. The summed E-state index contributed by atoms with van der Waals surface area (Å²) in [6.45, 7) is 3.14. The van der Waals surface area contributed by atoms with Crippen LogP contribution < -0.4 is 30.8 Å². The Morgan fingerprint density at radius 1 is 1.18 bits per heavy atom. The third-order valence-corrected chi connectivity index (χ3v) is 6.44. The third kappa shape index (κ3) is 6.90. The second kappa shape index (κ2) is 12.3. The Morgan fingerprint density at radius 3 is 2.58 bits per heavy atom. The number of nitrogens with one attached hydrogen (secondary N) is 1. The molecule has 0 aliphatic heterocycles. The summed E-state index contributed by atoms with van der Waals surface area (Å²) in [4.78, 5) is 21.7. The van der Waals surface area contributed by atoms with E-state index in [0.717, 1.165) is 34.8 Å². The molecule has 0 radical (unpaired) electrons. The fourth-order valence-electron chi connectivity index (χ4n) is 3.97. The van der Waals surface area contributed by atoms with Gasteiger partial charge >= 0.3 is 0 Å². The van der Waals surface area contributed by atoms with Crippen molar-refractivity contribution in [2.75, 3.05) is 32.7 Å². The molecule has 1 aliphatic rings. The predicted octanol–water partition coefficient (Wildman–Crippen LogP) is 3.29. The molecular weight excluding hydrogens is 484 g/mol. The Balaban J connectivity index is 1.33. The minimum absolute atomic E-state index is 0.256. The number of rotatable bonds is 12. The van der Waals surface area contributed by atoms with Gasteiger partial charge in [-0.05, 0) is 43.2 Å². The quantitative estimate of drug-likeness (QED) is 0.350. The molecule has 3 N–H and O–H groups in total. The van der Waals surface area contributed by atoms with Gasteiger partial charge in [-0.15, -0.1) is 5.10 Å². The first kappa shape index (κ1) is 26.7. The summed E-state index contributed by atoms with van der Waals surface area (Å²) in [5.41, 5.74) is 9.68. The first-order valence-electron chi connectivity index (χ1n) is 12.4. The number of nitrogens with zero attached hydrogens (tertiary/aromatic N) is 4. The highest BCUT2D eigenvalue weighted by molar-refractivity contribution is 5.80. The molecule has 10 nitrogen and oxygen atoms in total. The molecule has 4 rings (SSSR count). The number of allylic oxidation sites excluding steroid dienone is 1. The maximum atomic E-state index is 12.7. The number of aryl methyl sites for hydroxylation is 1. The second-order valence-electron chi connectivity index (χ2n) is 9.24. The smallest absolute Gasteiger partial charge is 0.290 e. The van der Waals surface area contributed by atoms with Gasteiger partial charge in [0.15, 0.2) is 0 Å². The van der Waals surface area contributed by atoms with Crippen LogP contribution >= 0.6 is 0 Å². The highest BCUT2D eigenvalue weighted by atomic mass is 16.5. The van der Waals surface area contributed by atoms with E-state index < -0.39 is 0 Å². The van der Waals surface area contributed by atoms with Crippen molar-refractivity contribution in [1.29, 1.82) is 0 Å². The van der Waals surface area contributed by atoms with Crippen LogP contribution in [0.3, 0.4) is 0 Å². The number of pyridine rings is 1. The van der Waals surface area contributed by atoms with E-state index in [0.29, 0.717) is 48.8 Å². The second-order valence-corrected chi connectivity index (χ2v) is 9.24. The lowest BCUT2D eigenvalue weighted by atomic mass is 10.2. The van der Waals surface area contributed by atoms with Crippen LogP contribution in [0, 0.1) is 5.92 Å². The molecule has 1 fully saturated rings. The summed E-state index contributed by atoms with van der Waals surface area (Å²) in [5, 5.41) is 7.42. The van der Waals surface area contributed by atoms with E-state index in [1.165, 1.54) is 4.68 Å². The number of nitrogens with two attached hydrogens (primary N) is 1. The van der Waals surface area contributed by atoms with Crippen molar-refractivity contribution in [2.24, 2.45) is 23.7 Å². The molecule has 2 atom stereocenters. The molecule has 0 amide bonds. The van der Waals surface area contributed by atoms with Gasteiger partial charge in [-0.3, -0.25) is 14.8 Å². The van der Waals surface area contributed by atoms with Gasteiger partial charge in [-0.2, -0.15) is 0 Å². The Bertz CT molecular complexity index is 1350. The Hall–Kier alpha value is -4.34. The Labute approximate surface area is 222 Å². The Morgan fingerprint density at radius 2 is 1.92 bits per heavy atom. The third-order valence-electron chi connectivity index (χ3n) is 6.44. The van der Waals surface area contributed by atoms with Gasteiger partial charge in [-0.1, -0.05) is 12.1 Å². The van der Waals surface area contributed by atoms with Crippen molar-refractivity contribution >= 4 is 11.9 Å². The van der Waals surface area contributed by atoms with Crippen LogP contribution in [0.1, 0.15) is 30.5 Å². The van der Waals surface area contributed by atoms with Crippen LogP contribution in [-0.4, -0.2) is 48.4 Å². The van der Waals surface area contributed by atoms with Crippen molar-refractivity contribution in [2.45, 2.75) is 25.8 Å². The number of benzene rings is 1. The predicted molar refractivity (Wildman–Crippen MR) is 147 cm³/mol. The molecule has 0 saturated heterocycles. The van der Waals surface area contributed by atoms with E-state index in [1.807, 2.05) is 36.4 Å². The zero-order chi connectivity index (χ0) is 27.1. The lowest BCUT2D eigenvalue weighted by molar-refractivity contribution is 0.278. The molecule has 2 aromatic heterocycles. The van der Waals surface area contributed by atoms with E-state index in [4.69, 9.17) is 19.9 Å². The van der Waals surface area contributed by atoms with Crippen molar-refractivity contribution in [3.05, 3.63) is 81.5 Å². The molecule has 0 spiro atoms. The fraction of sp³-hybridized carbons (Fsp3) is 0.357. The number of hydrogen-bond acceptors (Lipinski definition) is 9. The monoisotopic (exact) mass is 518 g/mol. The minimum atomic E-state index is -0.256. The van der Waals surface area contributed by atoms with Crippen molar-refractivity contribution in [3.8, 4) is 17.4 Å². The fourth-order valence-corrected chi connectivity index (χ4v) is 3.97. The van der Waals surface area contributed by atoms with E-state index in [2.05, 4.69) is 20.4 Å². The summed E-state index contributed by atoms with van der Waals surface area (Å²) >= 11 is 0. The normalized spacial score (nSPS) is 17.2. The van der Waals surface area contributed by atoms with Crippen LogP contribution in [0.2, 0.25) is 0 Å². The molecule has 10 heteroatoms. The van der Waals surface area contributed by atoms with Crippen LogP contribution in [-0.2, 0) is 13.6 Å². The average molecular weight is 519 g/mol. The van der Waals surface area contributed by atoms with E-state index in [9.17, 15) is 4.79 Å². The highest BCUT2D eigenvalue weighted by Crippen LogP contribution is 2.46. The molecule has 200 valence electrons. The van der Waals surface area contributed by atoms with Gasteiger partial charge in [0.05, 0.1) is 33.6 Å². The lowest BCUT2D eigenvalue weighted by Crippen LogP contribution is -2.25. The lowest BCUT2D eigenvalue weighted by Gasteiger charge is -2.12. The SMILES string of the molecule is COc1ccc(CN=CC(CNc2cc(OC[C@H]3C[C@@H]3c3ccc(OC)cn3)nn(C)c2=O)=C(C)N)cc1. The van der Waals surface area contributed by atoms with Gasteiger partial charge in [0.2, 0.25) is 5.88 Å². The zero-order valence-corrected chi connectivity index (χ0v) is 22.2. The van der Waals surface area contributed by atoms with Crippen molar-refractivity contribution in [1.82, 2.24) is 14.8 Å². The van der Waals surface area contributed by atoms with Gasteiger partial charge in [0, 0.05) is 54.7 Å². The number of aliphatic imine (C=N–C) groups is 1. The van der Waals surface area contributed by atoms with Gasteiger partial charge < -0.3 is 25.3 Å². The van der Waals surface area contributed by atoms with E-state index in [-0.39, 0.29) is 5.56 Å². The number of aromatic nitrogens is 3. The highest BCUT2D eigenvalue weighted by Gasteiger charge is 2.40. The van der Waals surface area contributed by atoms with Crippen LogP contribution in [0.5, 0.6) is 17.4 Å². The van der Waals surface area contributed by atoms with E-state index >= 15 is 0 Å². The van der Waals surface area contributed by atoms with Crippen molar-refractivity contribution < 1.29 is 14.2 Å². The topological polar surface area (TPSA) is 126 Å².